The van der Waals surface area contributed by atoms with Gasteiger partial charge in [-0.15, -0.1) is 20.5 Å². The molecule has 21 heteroatoms. The maximum Gasteiger partial charge on any atom is 2.00 e. The van der Waals surface area contributed by atoms with E-state index >= 15 is 0 Å². The first-order chi connectivity index (χ1) is 16.8. The monoisotopic (exact) mass is 654 g/mol. The topological polar surface area (TPSA) is 320 Å². The van der Waals surface area contributed by atoms with Crippen molar-refractivity contribution in [2.75, 3.05) is 26.2 Å². The molecule has 0 amide bonds. The van der Waals surface area contributed by atoms with Gasteiger partial charge in [0.2, 0.25) is 13.1 Å². The first kappa shape index (κ1) is 42.3. The molecule has 232 valence electrons. The number of aliphatic imine (C=N–C) groups is 2. The summed E-state index contributed by atoms with van der Waals surface area (Å²) >= 11 is 0. The summed E-state index contributed by atoms with van der Waals surface area (Å²) in [4.78, 5) is 30.6. The molecule has 0 radical (unpaired) electrons. The van der Waals surface area contributed by atoms with Crippen molar-refractivity contribution in [3.05, 3.63) is 20.2 Å². The zero-order valence-electron chi connectivity index (χ0n) is 22.2. The predicted octanol–water partition coefficient (Wildman–Crippen LogP) is -7.79. The van der Waals surface area contributed by atoms with Gasteiger partial charge in [-0.2, -0.15) is 0 Å². The van der Waals surface area contributed by atoms with Crippen LogP contribution in [0.25, 0.3) is 0 Å². The second kappa shape index (κ2) is 18.3. The average Bonchev–Trinajstić information content (AvgIpc) is 2.58. The minimum atomic E-state index is -4.94. The van der Waals surface area contributed by atoms with Crippen LogP contribution >= 0.6 is 0 Å². The Hall–Kier alpha value is -1.19. The first-order valence-corrected chi connectivity index (χ1v) is 13.3. The zero-order valence-corrected chi connectivity index (χ0v) is 24.7. The van der Waals surface area contributed by atoms with Crippen molar-refractivity contribution < 1.29 is 84.1 Å². The number of halogens is 2. The molecule has 0 bridgehead atoms. The van der Waals surface area contributed by atoms with Crippen molar-refractivity contribution in [1.29, 1.82) is 0 Å². The molecule has 2 atom stereocenters. The summed E-state index contributed by atoms with van der Waals surface area (Å²) in [6.45, 7) is 11.8. The van der Waals surface area contributed by atoms with E-state index in [-0.39, 0.29) is 51.5 Å². The van der Waals surface area contributed by atoms with Crippen molar-refractivity contribution >= 4 is 11.4 Å². The summed E-state index contributed by atoms with van der Waals surface area (Å²) in [6, 6.07) is -0.761. The number of nitrogens with zero attached hydrogens (tertiary/aromatic N) is 4. The molecular weight excluding hydrogens is 622 g/mol. The fourth-order valence-electron chi connectivity index (χ4n) is 3.79. The van der Waals surface area contributed by atoms with Crippen molar-refractivity contribution in [3.8, 4) is 0 Å². The number of hydrogen-bond donors (Lipinski definition) is 2. The Bertz CT molecular complexity index is 743. The molecule has 0 saturated carbocycles. The van der Waals surface area contributed by atoms with Crippen LogP contribution in [0.1, 0.15) is 54.4 Å². The summed E-state index contributed by atoms with van der Waals surface area (Å²) in [5.41, 5.74) is 0.879. The third-order valence-electron chi connectivity index (χ3n) is 4.49. The van der Waals surface area contributed by atoms with E-state index in [9.17, 15) is 20.2 Å². The second-order valence-electron chi connectivity index (χ2n) is 9.74. The summed E-state index contributed by atoms with van der Waals surface area (Å²) in [5, 5.41) is 28.8. The maximum absolute atomic E-state index is 11.1. The van der Waals surface area contributed by atoms with Crippen LogP contribution in [0.2, 0.25) is 0 Å². The van der Waals surface area contributed by atoms with Crippen LogP contribution in [0.3, 0.4) is 0 Å². The van der Waals surface area contributed by atoms with Crippen LogP contribution in [0.4, 0.5) is 0 Å². The minimum absolute atomic E-state index is 0. The number of nitro groups is 2. The van der Waals surface area contributed by atoms with E-state index in [0.29, 0.717) is 25.9 Å². The van der Waals surface area contributed by atoms with Crippen molar-refractivity contribution in [2.24, 2.45) is 9.98 Å². The third kappa shape index (κ3) is 32.9. The van der Waals surface area contributed by atoms with Crippen LogP contribution in [0.5, 0.6) is 0 Å². The van der Waals surface area contributed by atoms with E-state index < -0.39 is 31.6 Å². The summed E-state index contributed by atoms with van der Waals surface area (Å²) in [6.07, 6.45) is 1.16. The van der Waals surface area contributed by atoms with Crippen molar-refractivity contribution in [1.82, 2.24) is 10.6 Å². The van der Waals surface area contributed by atoms with E-state index in [0.717, 1.165) is 11.4 Å². The van der Waals surface area contributed by atoms with E-state index in [2.05, 4.69) is 20.6 Å². The van der Waals surface area contributed by atoms with Crippen LogP contribution in [0, 0.1) is 40.7 Å². The summed E-state index contributed by atoms with van der Waals surface area (Å²) in [7, 11) is -9.89. The molecule has 0 spiro atoms. The Morgan fingerprint density at radius 2 is 0.949 bits per heavy atom. The van der Waals surface area contributed by atoms with Crippen LogP contribution in [-0.4, -0.2) is 70.6 Å². The van der Waals surface area contributed by atoms with Gasteiger partial charge in [-0.25, -0.2) is 37.3 Å². The molecule has 2 N–H and O–H groups in total. The van der Waals surface area contributed by atoms with Crippen molar-refractivity contribution in [2.45, 2.75) is 77.5 Å². The SMILES string of the molecule is CC1=NC[C@H](C[N+](=O)[O-])NC(C)(C)CC(C)=NC[C@H](C[N+](=O)[O-])NC(C)(C)C1.[Ni+2].[O-][Cl+3]([O-])([O-])[O-].[O-][Cl+3]([O-])([O-])[O-]. The van der Waals surface area contributed by atoms with Gasteiger partial charge in [0, 0.05) is 45.2 Å². The van der Waals surface area contributed by atoms with Crippen LogP contribution in [-0.2, 0) is 16.5 Å². The smallest absolute Gasteiger partial charge is 0.301 e. The molecule has 0 aromatic heterocycles. The molecule has 0 aliphatic carbocycles. The maximum atomic E-state index is 11.1. The molecule has 1 rings (SSSR count). The largest absolute Gasteiger partial charge is 2.00 e. The molecule has 0 fully saturated rings. The van der Waals surface area contributed by atoms with Crippen LogP contribution < -0.4 is 47.9 Å². The quantitative estimate of drug-likeness (QED) is 0.161. The van der Waals surface area contributed by atoms with Gasteiger partial charge in [0.05, 0.1) is 25.2 Å². The normalized spacial score (nSPS) is 22.1. The van der Waals surface area contributed by atoms with E-state index in [1.54, 1.807) is 0 Å². The molecule has 1 aliphatic heterocycles. The van der Waals surface area contributed by atoms with Gasteiger partial charge in [-0.1, -0.05) is 0 Å². The molecule has 1 aliphatic rings. The fourth-order valence-corrected chi connectivity index (χ4v) is 3.79. The third-order valence-corrected chi connectivity index (χ3v) is 4.49. The molecule has 1 heterocycles. The molecule has 39 heavy (non-hydrogen) atoms. The minimum Gasteiger partial charge on any atom is -0.301 e. The molecule has 18 nitrogen and oxygen atoms in total. The van der Waals surface area contributed by atoms with Gasteiger partial charge < -0.3 is 10.6 Å². The molecule has 0 unspecified atom stereocenters. The Kier molecular flexibility index (Phi) is 19.8. The van der Waals surface area contributed by atoms with E-state index in [4.69, 9.17) is 37.3 Å². The van der Waals surface area contributed by atoms with Gasteiger partial charge in [0.15, 0.2) is 0 Å². The summed E-state index contributed by atoms with van der Waals surface area (Å²) < 4.78 is 67.9. The Labute approximate surface area is 239 Å². The Balaban J connectivity index is -0.00000100. The van der Waals surface area contributed by atoms with Crippen LogP contribution in [0.15, 0.2) is 9.98 Å². The summed E-state index contributed by atoms with van der Waals surface area (Å²) in [5.74, 6) is 0. The van der Waals surface area contributed by atoms with Gasteiger partial charge in [0.25, 0.3) is 0 Å². The molecular formula is C18H34Cl2N6NiO12. The predicted molar refractivity (Wildman–Crippen MR) is 111 cm³/mol. The van der Waals surface area contributed by atoms with Gasteiger partial charge in [-0.3, -0.25) is 30.2 Å². The van der Waals surface area contributed by atoms with E-state index in [1.807, 2.05) is 41.5 Å². The number of rotatable bonds is 4. The second-order valence-corrected chi connectivity index (χ2v) is 11.3. The molecule has 0 aromatic rings. The standard InChI is InChI=1S/C18H34N6O4.2ClHO4.Ni/c1-13-7-17(3,4)21-16(12-24(27)28)10-20-14(2)8-18(5,6)22-15(9-19-13)11-23(25)26;2*2-1(3,4)5;/h15-16,21-22H,7-12H2,1-6H3;2*(H,2,3,4,5);/q;;;+2/p-2/t15-,16-;;;/m1.../s1. The Morgan fingerprint density at radius 3 is 1.15 bits per heavy atom. The Morgan fingerprint density at radius 1 is 0.718 bits per heavy atom. The number of hydrogen-bond acceptors (Lipinski definition) is 16. The molecule has 0 saturated heterocycles. The molecule has 0 aromatic carbocycles. The number of nitrogens with one attached hydrogen (secondary N) is 2. The van der Waals surface area contributed by atoms with E-state index in [1.165, 1.54) is 0 Å². The first-order valence-electron chi connectivity index (χ1n) is 10.8. The fraction of sp³-hybridized carbons (Fsp3) is 0.889. The average molecular weight is 656 g/mol. The van der Waals surface area contributed by atoms with Gasteiger partial charge >= 0.3 is 16.5 Å². The zero-order chi connectivity index (χ0) is 30.5. The van der Waals surface area contributed by atoms with Gasteiger partial charge in [0.1, 0.15) is 0 Å². The van der Waals surface area contributed by atoms with Gasteiger partial charge in [-0.05, 0) is 41.5 Å². The van der Waals surface area contributed by atoms with Crippen molar-refractivity contribution in [3.63, 3.8) is 0 Å².